The molecule has 31 heavy (non-hydrogen) atoms. The standard InChI is InChI=1S/C25H24N4O2/c30-25(20-9-11-23(12-10-20)31-22-6-2-1-3-7-22)28-16-14-27(15-17-28)18-21-19-29-13-5-4-8-24(29)26-21/h1-13,19H,14-18H2. The summed E-state index contributed by atoms with van der Waals surface area (Å²) in [5.74, 6) is 1.57. The zero-order chi connectivity index (χ0) is 21.0. The molecule has 5 rings (SSSR count). The molecule has 0 spiro atoms. The number of aromatic nitrogens is 2. The fourth-order valence-corrected chi connectivity index (χ4v) is 3.87. The summed E-state index contributed by atoms with van der Waals surface area (Å²) < 4.78 is 7.85. The van der Waals surface area contributed by atoms with Crippen LogP contribution in [-0.2, 0) is 6.54 Å². The minimum atomic E-state index is 0.0682. The minimum Gasteiger partial charge on any atom is -0.457 e. The second-order valence-corrected chi connectivity index (χ2v) is 7.71. The Labute approximate surface area is 181 Å². The van der Waals surface area contributed by atoms with Gasteiger partial charge in [0.1, 0.15) is 17.1 Å². The molecule has 1 aliphatic rings. The van der Waals surface area contributed by atoms with Crippen molar-refractivity contribution in [3.63, 3.8) is 0 Å². The first kappa shape index (κ1) is 19.3. The maximum absolute atomic E-state index is 12.9. The summed E-state index contributed by atoms with van der Waals surface area (Å²) in [5, 5.41) is 0. The molecule has 2 aromatic heterocycles. The number of imidazole rings is 1. The van der Waals surface area contributed by atoms with Gasteiger partial charge in [-0.3, -0.25) is 9.69 Å². The highest BCUT2D eigenvalue weighted by Crippen LogP contribution is 2.22. The van der Waals surface area contributed by atoms with E-state index < -0.39 is 0 Å². The molecule has 6 nitrogen and oxygen atoms in total. The van der Waals surface area contributed by atoms with Crippen LogP contribution >= 0.6 is 0 Å². The van der Waals surface area contributed by atoms with Gasteiger partial charge in [0.2, 0.25) is 0 Å². The average Bonchev–Trinajstić information content (AvgIpc) is 3.23. The second kappa shape index (κ2) is 8.62. The van der Waals surface area contributed by atoms with Gasteiger partial charge in [0.05, 0.1) is 5.69 Å². The van der Waals surface area contributed by atoms with Crippen LogP contribution in [0.5, 0.6) is 11.5 Å². The molecule has 1 saturated heterocycles. The van der Waals surface area contributed by atoms with Crippen molar-refractivity contribution < 1.29 is 9.53 Å². The van der Waals surface area contributed by atoms with Gasteiger partial charge in [-0.15, -0.1) is 0 Å². The van der Waals surface area contributed by atoms with Crippen LogP contribution in [0.4, 0.5) is 0 Å². The SMILES string of the molecule is O=C(c1ccc(Oc2ccccc2)cc1)N1CCN(Cc2cn3ccccc3n2)CC1. The number of pyridine rings is 1. The molecular weight excluding hydrogens is 388 g/mol. The van der Waals surface area contributed by atoms with Crippen LogP contribution in [0.25, 0.3) is 5.65 Å². The van der Waals surface area contributed by atoms with Crippen molar-refractivity contribution in [1.29, 1.82) is 0 Å². The van der Waals surface area contributed by atoms with Crippen LogP contribution in [0, 0.1) is 0 Å². The number of carbonyl (C=O) groups excluding carboxylic acids is 1. The minimum absolute atomic E-state index is 0.0682. The van der Waals surface area contributed by atoms with Crippen LogP contribution in [0.3, 0.4) is 0 Å². The van der Waals surface area contributed by atoms with Crippen molar-refractivity contribution in [2.45, 2.75) is 6.54 Å². The molecule has 156 valence electrons. The summed E-state index contributed by atoms with van der Waals surface area (Å²) >= 11 is 0. The Balaban J connectivity index is 1.16. The summed E-state index contributed by atoms with van der Waals surface area (Å²) in [6.07, 6.45) is 4.09. The highest BCUT2D eigenvalue weighted by molar-refractivity contribution is 5.94. The van der Waals surface area contributed by atoms with E-state index in [1.165, 1.54) is 0 Å². The van der Waals surface area contributed by atoms with Gasteiger partial charge >= 0.3 is 0 Å². The second-order valence-electron chi connectivity index (χ2n) is 7.71. The maximum Gasteiger partial charge on any atom is 0.253 e. The molecule has 0 aliphatic carbocycles. The van der Waals surface area contributed by atoms with Gasteiger partial charge in [-0.25, -0.2) is 4.98 Å². The van der Waals surface area contributed by atoms with Gasteiger partial charge in [0.15, 0.2) is 0 Å². The number of hydrogen-bond donors (Lipinski definition) is 0. The van der Waals surface area contributed by atoms with Crippen LogP contribution < -0.4 is 4.74 Å². The lowest BCUT2D eigenvalue weighted by molar-refractivity contribution is 0.0627. The smallest absolute Gasteiger partial charge is 0.253 e. The third-order valence-electron chi connectivity index (χ3n) is 5.54. The van der Waals surface area contributed by atoms with Crippen molar-refractivity contribution in [3.8, 4) is 11.5 Å². The largest absolute Gasteiger partial charge is 0.457 e. The molecule has 0 atom stereocenters. The number of hydrogen-bond acceptors (Lipinski definition) is 4. The maximum atomic E-state index is 12.9. The molecular formula is C25H24N4O2. The first-order valence-electron chi connectivity index (χ1n) is 10.5. The van der Waals surface area contributed by atoms with E-state index in [9.17, 15) is 4.79 Å². The molecule has 0 N–H and O–H groups in total. The van der Waals surface area contributed by atoms with Gasteiger partial charge in [0, 0.05) is 50.7 Å². The third kappa shape index (κ3) is 4.44. The lowest BCUT2D eigenvalue weighted by atomic mass is 10.1. The van der Waals surface area contributed by atoms with Gasteiger partial charge in [-0.1, -0.05) is 24.3 Å². The number of fused-ring (bicyclic) bond motifs is 1. The van der Waals surface area contributed by atoms with E-state index in [1.807, 2.05) is 88.3 Å². The number of rotatable bonds is 5. The van der Waals surface area contributed by atoms with E-state index in [-0.39, 0.29) is 5.91 Å². The van der Waals surface area contributed by atoms with Gasteiger partial charge in [0.25, 0.3) is 5.91 Å². The van der Waals surface area contributed by atoms with E-state index in [0.29, 0.717) is 18.7 Å². The number of ether oxygens (including phenoxy) is 1. The van der Waals surface area contributed by atoms with Crippen LogP contribution in [0.15, 0.2) is 85.2 Å². The van der Waals surface area contributed by atoms with E-state index in [1.54, 1.807) is 0 Å². The lowest BCUT2D eigenvalue weighted by Crippen LogP contribution is -2.48. The third-order valence-corrected chi connectivity index (χ3v) is 5.54. The molecule has 0 unspecified atom stereocenters. The Morgan fingerprint density at radius 2 is 1.55 bits per heavy atom. The predicted octanol–water partition coefficient (Wildman–Crippen LogP) is 4.08. The Bertz CT molecular complexity index is 1130. The highest BCUT2D eigenvalue weighted by Gasteiger charge is 2.22. The van der Waals surface area contributed by atoms with Crippen molar-refractivity contribution in [1.82, 2.24) is 19.2 Å². The first-order chi connectivity index (χ1) is 15.2. The molecule has 1 amide bonds. The lowest BCUT2D eigenvalue weighted by Gasteiger charge is -2.34. The number of benzene rings is 2. The number of para-hydroxylation sites is 1. The van der Waals surface area contributed by atoms with Crippen molar-refractivity contribution in [3.05, 3.63) is 96.4 Å². The van der Waals surface area contributed by atoms with Crippen molar-refractivity contribution >= 4 is 11.6 Å². The van der Waals surface area contributed by atoms with Gasteiger partial charge in [-0.2, -0.15) is 0 Å². The first-order valence-corrected chi connectivity index (χ1v) is 10.5. The monoisotopic (exact) mass is 412 g/mol. The molecule has 6 heteroatoms. The molecule has 1 fully saturated rings. The number of nitrogens with zero attached hydrogens (tertiary/aromatic N) is 4. The van der Waals surface area contributed by atoms with E-state index >= 15 is 0 Å². The Kier molecular flexibility index (Phi) is 5.37. The Hall–Kier alpha value is -3.64. The molecule has 1 aliphatic heterocycles. The molecule has 0 bridgehead atoms. The van der Waals surface area contributed by atoms with Crippen LogP contribution in [0.1, 0.15) is 16.1 Å². The van der Waals surface area contributed by atoms with E-state index in [0.717, 1.165) is 42.5 Å². The van der Waals surface area contributed by atoms with Crippen LogP contribution in [-0.4, -0.2) is 51.3 Å². The summed E-state index contributed by atoms with van der Waals surface area (Å²) in [4.78, 5) is 21.9. The molecule has 0 saturated carbocycles. The van der Waals surface area contributed by atoms with E-state index in [4.69, 9.17) is 4.74 Å². The fourth-order valence-electron chi connectivity index (χ4n) is 3.87. The number of carbonyl (C=O) groups is 1. The predicted molar refractivity (Wildman–Crippen MR) is 119 cm³/mol. The summed E-state index contributed by atoms with van der Waals surface area (Å²) in [5.41, 5.74) is 2.71. The zero-order valence-electron chi connectivity index (χ0n) is 17.2. The Morgan fingerprint density at radius 3 is 2.29 bits per heavy atom. The average molecular weight is 412 g/mol. The summed E-state index contributed by atoms with van der Waals surface area (Å²) in [6, 6.07) is 23.0. The fraction of sp³-hybridized carbons (Fsp3) is 0.200. The van der Waals surface area contributed by atoms with Gasteiger partial charge < -0.3 is 14.0 Å². The van der Waals surface area contributed by atoms with E-state index in [2.05, 4.69) is 16.1 Å². The number of piperazine rings is 1. The van der Waals surface area contributed by atoms with Crippen molar-refractivity contribution in [2.75, 3.05) is 26.2 Å². The molecule has 3 heterocycles. The topological polar surface area (TPSA) is 50.1 Å². The molecule has 2 aromatic carbocycles. The summed E-state index contributed by atoms with van der Waals surface area (Å²) in [7, 11) is 0. The zero-order valence-corrected chi connectivity index (χ0v) is 17.2. The quantitative estimate of drug-likeness (QED) is 0.496. The summed E-state index contributed by atoms with van der Waals surface area (Å²) in [6.45, 7) is 3.92. The molecule has 4 aromatic rings. The Morgan fingerprint density at radius 1 is 0.839 bits per heavy atom. The van der Waals surface area contributed by atoms with Crippen molar-refractivity contribution in [2.24, 2.45) is 0 Å². The number of amides is 1. The highest BCUT2D eigenvalue weighted by atomic mass is 16.5. The van der Waals surface area contributed by atoms with Gasteiger partial charge in [-0.05, 0) is 48.5 Å². The molecule has 0 radical (unpaired) electrons. The normalized spacial score (nSPS) is 14.6. The van der Waals surface area contributed by atoms with Crippen LogP contribution in [0.2, 0.25) is 0 Å².